The van der Waals surface area contributed by atoms with Crippen molar-refractivity contribution in [1.29, 1.82) is 0 Å². The minimum absolute atomic E-state index is 0.108. The van der Waals surface area contributed by atoms with Crippen LogP contribution in [0.2, 0.25) is 0 Å². The van der Waals surface area contributed by atoms with Crippen LogP contribution in [0.15, 0.2) is 54.6 Å². The van der Waals surface area contributed by atoms with Gasteiger partial charge in [0.2, 0.25) is 5.91 Å². The Hall–Kier alpha value is -2.40. The van der Waals surface area contributed by atoms with Crippen LogP contribution >= 0.6 is 12.2 Å². The third-order valence-electron chi connectivity index (χ3n) is 3.19. The fraction of sp³-hybridized carbons (Fsp3) is 0.222. The van der Waals surface area contributed by atoms with Crippen molar-refractivity contribution in [1.82, 2.24) is 5.32 Å². The second kappa shape index (κ2) is 8.90. The molecule has 2 N–H and O–H groups in total. The van der Waals surface area contributed by atoms with E-state index >= 15 is 0 Å². The van der Waals surface area contributed by atoms with Gasteiger partial charge in [-0.05, 0) is 42.0 Å². The third kappa shape index (κ3) is 6.08. The lowest BCUT2D eigenvalue weighted by molar-refractivity contribution is -0.119. The Kier molecular flexibility index (Phi) is 6.56. The lowest BCUT2D eigenvalue weighted by atomic mass is 10.2. The highest BCUT2D eigenvalue weighted by molar-refractivity contribution is 7.80. The molecule has 2 aromatic carbocycles. The summed E-state index contributed by atoms with van der Waals surface area (Å²) in [5.74, 6) is 0.693. The zero-order valence-corrected chi connectivity index (χ0v) is 13.9. The normalized spacial score (nSPS) is 9.96. The number of nitrogens with one attached hydrogen (secondary N) is 2. The van der Waals surface area contributed by atoms with E-state index in [4.69, 9.17) is 17.0 Å². The fourth-order valence-electron chi connectivity index (χ4n) is 1.94. The van der Waals surface area contributed by atoms with Crippen LogP contribution in [0.1, 0.15) is 18.9 Å². The molecule has 4 nitrogen and oxygen atoms in total. The highest BCUT2D eigenvalue weighted by Crippen LogP contribution is 2.16. The number of thiocarbonyl (C=S) groups is 1. The van der Waals surface area contributed by atoms with Crippen LogP contribution < -0.4 is 15.4 Å². The first-order valence-corrected chi connectivity index (χ1v) is 7.96. The molecule has 2 aromatic rings. The van der Waals surface area contributed by atoms with E-state index in [1.54, 1.807) is 6.92 Å². The number of hydrogen-bond acceptors (Lipinski definition) is 3. The van der Waals surface area contributed by atoms with Gasteiger partial charge in [-0.25, -0.2) is 0 Å². The molecule has 0 heterocycles. The first-order valence-electron chi connectivity index (χ1n) is 7.55. The monoisotopic (exact) mass is 328 g/mol. The van der Waals surface area contributed by atoms with E-state index in [0.29, 0.717) is 18.1 Å². The van der Waals surface area contributed by atoms with Gasteiger partial charge >= 0.3 is 0 Å². The molecular weight excluding hydrogens is 308 g/mol. The summed E-state index contributed by atoms with van der Waals surface area (Å²) < 4.78 is 5.72. The number of benzene rings is 2. The molecule has 0 spiro atoms. The number of carbonyl (C=O) groups is 1. The van der Waals surface area contributed by atoms with Gasteiger partial charge in [0.05, 0.1) is 6.61 Å². The molecule has 0 unspecified atom stereocenters. The van der Waals surface area contributed by atoms with Crippen molar-refractivity contribution in [3.8, 4) is 5.75 Å². The van der Waals surface area contributed by atoms with Crippen LogP contribution in [0, 0.1) is 0 Å². The first-order chi connectivity index (χ1) is 11.2. The van der Waals surface area contributed by atoms with Crippen molar-refractivity contribution >= 4 is 28.9 Å². The van der Waals surface area contributed by atoms with E-state index in [1.165, 1.54) is 5.56 Å². The molecule has 0 saturated heterocycles. The molecule has 1 amide bonds. The van der Waals surface area contributed by atoms with Crippen molar-refractivity contribution < 1.29 is 9.53 Å². The zero-order chi connectivity index (χ0) is 16.5. The number of hydrogen-bond donors (Lipinski definition) is 2. The molecular formula is C18H20N2O2S. The number of anilines is 1. The summed E-state index contributed by atoms with van der Waals surface area (Å²) in [4.78, 5) is 11.2. The van der Waals surface area contributed by atoms with Gasteiger partial charge in [-0.3, -0.25) is 4.79 Å². The molecule has 0 atom stereocenters. The van der Waals surface area contributed by atoms with Crippen molar-refractivity contribution in [2.75, 3.05) is 11.9 Å². The van der Waals surface area contributed by atoms with Gasteiger partial charge < -0.3 is 15.4 Å². The van der Waals surface area contributed by atoms with Crippen LogP contribution in [-0.4, -0.2) is 17.6 Å². The van der Waals surface area contributed by atoms with Gasteiger partial charge in [-0.1, -0.05) is 37.3 Å². The molecule has 0 aliphatic carbocycles. The van der Waals surface area contributed by atoms with Gasteiger partial charge in [0.15, 0.2) is 5.11 Å². The second-order valence-electron chi connectivity index (χ2n) is 4.96. The Morgan fingerprint density at radius 1 is 1.09 bits per heavy atom. The van der Waals surface area contributed by atoms with E-state index in [0.717, 1.165) is 17.9 Å². The molecule has 0 aliphatic rings. The lowest BCUT2D eigenvalue weighted by Gasteiger charge is -2.10. The summed E-state index contributed by atoms with van der Waals surface area (Å²) in [7, 11) is 0. The van der Waals surface area contributed by atoms with E-state index in [-0.39, 0.29) is 5.91 Å². The molecule has 0 aliphatic heterocycles. The molecule has 0 fully saturated rings. The van der Waals surface area contributed by atoms with E-state index < -0.39 is 0 Å². The summed E-state index contributed by atoms with van der Waals surface area (Å²) in [5, 5.41) is 5.86. The second-order valence-corrected chi connectivity index (χ2v) is 5.37. The predicted molar refractivity (Wildman–Crippen MR) is 96.7 cm³/mol. The molecule has 2 rings (SSSR count). The number of rotatable bonds is 6. The SMILES string of the molecule is CCC(=O)NC(=S)Nc1ccc(OCCc2ccccc2)cc1. The highest BCUT2D eigenvalue weighted by Gasteiger charge is 2.02. The Balaban J connectivity index is 1.78. The summed E-state index contributed by atoms with van der Waals surface area (Å²) in [6.07, 6.45) is 1.27. The summed E-state index contributed by atoms with van der Waals surface area (Å²) >= 11 is 5.06. The van der Waals surface area contributed by atoms with Crippen LogP contribution in [0.4, 0.5) is 5.69 Å². The maximum absolute atomic E-state index is 11.2. The van der Waals surface area contributed by atoms with Gasteiger partial charge in [-0.15, -0.1) is 0 Å². The number of ether oxygens (including phenoxy) is 1. The van der Waals surface area contributed by atoms with Gasteiger partial charge in [-0.2, -0.15) is 0 Å². The zero-order valence-electron chi connectivity index (χ0n) is 13.0. The Labute approximate surface area is 141 Å². The van der Waals surface area contributed by atoms with Crippen molar-refractivity contribution in [3.05, 3.63) is 60.2 Å². The Morgan fingerprint density at radius 3 is 2.43 bits per heavy atom. The molecule has 0 bridgehead atoms. The predicted octanol–water partition coefficient (Wildman–Crippen LogP) is 3.53. The topological polar surface area (TPSA) is 50.4 Å². The molecule has 0 aromatic heterocycles. The Morgan fingerprint density at radius 2 is 1.78 bits per heavy atom. The number of amides is 1. The molecule has 5 heteroatoms. The van der Waals surface area contributed by atoms with E-state index in [1.807, 2.05) is 42.5 Å². The number of carbonyl (C=O) groups excluding carboxylic acids is 1. The Bertz CT molecular complexity index is 642. The average molecular weight is 328 g/mol. The minimum Gasteiger partial charge on any atom is -0.493 e. The van der Waals surface area contributed by atoms with Crippen LogP contribution in [-0.2, 0) is 11.2 Å². The van der Waals surface area contributed by atoms with Crippen LogP contribution in [0.25, 0.3) is 0 Å². The molecule has 0 radical (unpaired) electrons. The van der Waals surface area contributed by atoms with E-state index in [9.17, 15) is 4.79 Å². The maximum atomic E-state index is 11.2. The van der Waals surface area contributed by atoms with Crippen LogP contribution in [0.3, 0.4) is 0 Å². The summed E-state index contributed by atoms with van der Waals surface area (Å²) in [5.41, 5.74) is 2.06. The van der Waals surface area contributed by atoms with Gasteiger partial charge in [0.1, 0.15) is 5.75 Å². The third-order valence-corrected chi connectivity index (χ3v) is 3.39. The van der Waals surface area contributed by atoms with E-state index in [2.05, 4.69) is 22.8 Å². The van der Waals surface area contributed by atoms with Crippen molar-refractivity contribution in [3.63, 3.8) is 0 Å². The maximum Gasteiger partial charge on any atom is 0.225 e. The lowest BCUT2D eigenvalue weighted by Crippen LogP contribution is -2.33. The molecule has 0 saturated carbocycles. The largest absolute Gasteiger partial charge is 0.493 e. The standard InChI is InChI=1S/C18H20N2O2S/c1-2-17(21)20-18(23)19-15-8-10-16(11-9-15)22-13-12-14-6-4-3-5-7-14/h3-11H,2,12-13H2,1H3,(H2,19,20,21,23). The summed E-state index contributed by atoms with van der Waals surface area (Å²) in [6, 6.07) is 17.7. The fourth-order valence-corrected chi connectivity index (χ4v) is 2.17. The highest BCUT2D eigenvalue weighted by atomic mass is 32.1. The molecule has 120 valence electrons. The average Bonchev–Trinajstić information content (AvgIpc) is 2.57. The van der Waals surface area contributed by atoms with Gasteiger partial charge in [0, 0.05) is 18.5 Å². The first kappa shape index (κ1) is 17.0. The minimum atomic E-state index is -0.108. The quantitative estimate of drug-likeness (QED) is 0.797. The van der Waals surface area contributed by atoms with Gasteiger partial charge in [0.25, 0.3) is 0 Å². The van der Waals surface area contributed by atoms with Crippen molar-refractivity contribution in [2.24, 2.45) is 0 Å². The van der Waals surface area contributed by atoms with Crippen molar-refractivity contribution in [2.45, 2.75) is 19.8 Å². The molecule has 23 heavy (non-hydrogen) atoms. The summed E-state index contributed by atoms with van der Waals surface area (Å²) in [6.45, 7) is 2.40. The van der Waals surface area contributed by atoms with Crippen LogP contribution in [0.5, 0.6) is 5.75 Å². The smallest absolute Gasteiger partial charge is 0.225 e.